The highest BCUT2D eigenvalue weighted by atomic mass is 15.2. The number of nitrogens with one attached hydrogen (secondary N) is 1. The van der Waals surface area contributed by atoms with Crippen molar-refractivity contribution in [1.29, 1.82) is 10.5 Å². The normalized spacial score (nSPS) is 13.7. The first-order chi connectivity index (χ1) is 13.7. The number of aromatic nitrogens is 3. The van der Waals surface area contributed by atoms with Gasteiger partial charge in [-0.1, -0.05) is 18.2 Å². The van der Waals surface area contributed by atoms with Gasteiger partial charge in [0.25, 0.3) is 0 Å². The monoisotopic (exact) mass is 369 g/mol. The molecular formula is C21H19N7. The van der Waals surface area contributed by atoms with Gasteiger partial charge in [-0.15, -0.1) is 0 Å². The predicted octanol–water partition coefficient (Wildman–Crippen LogP) is 3.45. The van der Waals surface area contributed by atoms with Crippen molar-refractivity contribution in [3.63, 3.8) is 0 Å². The van der Waals surface area contributed by atoms with Gasteiger partial charge >= 0.3 is 0 Å². The van der Waals surface area contributed by atoms with E-state index in [-0.39, 0.29) is 11.4 Å². The van der Waals surface area contributed by atoms with Gasteiger partial charge in [-0.25, -0.2) is 4.98 Å². The SMILES string of the molecule is N#Cc1c(N)nc(N2CCCCC2)c(C#N)c1-c1cccc(-c2ccn[nH]2)c1. The van der Waals surface area contributed by atoms with E-state index in [0.717, 1.165) is 42.8 Å². The van der Waals surface area contributed by atoms with Crippen LogP contribution in [0, 0.1) is 22.7 Å². The Labute approximate surface area is 163 Å². The maximum atomic E-state index is 9.97. The zero-order chi connectivity index (χ0) is 19.5. The average molecular weight is 369 g/mol. The molecule has 0 saturated carbocycles. The molecule has 1 fully saturated rings. The van der Waals surface area contributed by atoms with Crippen LogP contribution in [0.1, 0.15) is 30.4 Å². The Morgan fingerprint density at radius 3 is 2.43 bits per heavy atom. The molecule has 0 spiro atoms. The Morgan fingerprint density at radius 1 is 1.00 bits per heavy atom. The van der Waals surface area contributed by atoms with Gasteiger partial charge in [-0.2, -0.15) is 15.6 Å². The third-order valence-electron chi connectivity index (χ3n) is 5.05. The Morgan fingerprint density at radius 2 is 1.75 bits per heavy atom. The number of rotatable bonds is 3. The van der Waals surface area contributed by atoms with Gasteiger partial charge in [0.15, 0.2) is 0 Å². The van der Waals surface area contributed by atoms with Crippen LogP contribution < -0.4 is 10.6 Å². The second-order valence-corrected chi connectivity index (χ2v) is 6.77. The number of H-pyrrole nitrogens is 1. The molecule has 3 N–H and O–H groups in total. The van der Waals surface area contributed by atoms with Crippen molar-refractivity contribution in [1.82, 2.24) is 15.2 Å². The van der Waals surface area contributed by atoms with Crippen molar-refractivity contribution >= 4 is 11.6 Å². The Balaban J connectivity index is 1.93. The fourth-order valence-electron chi connectivity index (χ4n) is 3.69. The quantitative estimate of drug-likeness (QED) is 0.730. The number of aromatic amines is 1. The van der Waals surface area contributed by atoms with Crippen molar-refractivity contribution in [3.8, 4) is 34.5 Å². The van der Waals surface area contributed by atoms with Crippen molar-refractivity contribution in [2.45, 2.75) is 19.3 Å². The highest BCUT2D eigenvalue weighted by Crippen LogP contribution is 2.37. The summed E-state index contributed by atoms with van der Waals surface area (Å²) >= 11 is 0. The Hall–Kier alpha value is -3.84. The lowest BCUT2D eigenvalue weighted by Gasteiger charge is -2.29. The molecule has 28 heavy (non-hydrogen) atoms. The van der Waals surface area contributed by atoms with E-state index in [9.17, 15) is 10.5 Å². The molecule has 138 valence electrons. The lowest BCUT2D eigenvalue weighted by molar-refractivity contribution is 0.573. The molecule has 7 heteroatoms. The average Bonchev–Trinajstić information content (AvgIpc) is 3.28. The summed E-state index contributed by atoms with van der Waals surface area (Å²) in [6.45, 7) is 1.67. The van der Waals surface area contributed by atoms with Crippen molar-refractivity contribution in [2.75, 3.05) is 23.7 Å². The summed E-state index contributed by atoms with van der Waals surface area (Å²) in [6.07, 6.45) is 4.96. The molecule has 0 aliphatic carbocycles. The minimum atomic E-state index is 0.156. The van der Waals surface area contributed by atoms with Gasteiger partial charge in [-0.05, 0) is 37.0 Å². The number of nitrogens with two attached hydrogens (primary N) is 1. The van der Waals surface area contributed by atoms with Gasteiger partial charge in [0, 0.05) is 30.4 Å². The van der Waals surface area contributed by atoms with Gasteiger partial charge in [0.1, 0.15) is 34.9 Å². The number of hydrogen-bond donors (Lipinski definition) is 2. The van der Waals surface area contributed by atoms with E-state index < -0.39 is 0 Å². The van der Waals surface area contributed by atoms with Crippen LogP contribution >= 0.6 is 0 Å². The van der Waals surface area contributed by atoms with Crippen molar-refractivity contribution in [2.24, 2.45) is 0 Å². The first-order valence-corrected chi connectivity index (χ1v) is 9.21. The van der Waals surface area contributed by atoms with Crippen LogP contribution in [0.25, 0.3) is 22.4 Å². The molecule has 1 aliphatic heterocycles. The third kappa shape index (κ3) is 3.04. The molecule has 3 aromatic rings. The summed E-state index contributed by atoms with van der Waals surface area (Å²) in [5, 5.41) is 26.6. The predicted molar refractivity (Wildman–Crippen MR) is 107 cm³/mol. The number of piperidine rings is 1. The summed E-state index contributed by atoms with van der Waals surface area (Å²) in [6, 6.07) is 14.0. The van der Waals surface area contributed by atoms with E-state index in [1.54, 1.807) is 6.20 Å². The lowest BCUT2D eigenvalue weighted by atomic mass is 9.93. The highest BCUT2D eigenvalue weighted by Gasteiger charge is 2.24. The number of nitrogen functional groups attached to an aromatic ring is 1. The molecule has 0 amide bonds. The topological polar surface area (TPSA) is 118 Å². The number of benzene rings is 1. The second-order valence-electron chi connectivity index (χ2n) is 6.77. The van der Waals surface area contributed by atoms with Gasteiger partial charge in [0.05, 0.1) is 5.69 Å². The highest BCUT2D eigenvalue weighted by molar-refractivity contribution is 5.86. The Bertz CT molecular complexity index is 1080. The van der Waals surface area contributed by atoms with E-state index in [1.165, 1.54) is 6.42 Å². The molecule has 1 saturated heterocycles. The third-order valence-corrected chi connectivity index (χ3v) is 5.05. The summed E-state index contributed by atoms with van der Waals surface area (Å²) in [7, 11) is 0. The van der Waals surface area contributed by atoms with Gasteiger partial charge < -0.3 is 10.6 Å². The van der Waals surface area contributed by atoms with Crippen LogP contribution in [0.4, 0.5) is 11.6 Å². The van der Waals surface area contributed by atoms with Crippen LogP contribution in [0.5, 0.6) is 0 Å². The first-order valence-electron chi connectivity index (χ1n) is 9.21. The van der Waals surface area contributed by atoms with Crippen molar-refractivity contribution < 1.29 is 0 Å². The minimum Gasteiger partial charge on any atom is -0.383 e. The van der Waals surface area contributed by atoms with Crippen LogP contribution in [-0.2, 0) is 0 Å². The summed E-state index contributed by atoms with van der Waals surface area (Å²) < 4.78 is 0. The second kappa shape index (κ2) is 7.42. The summed E-state index contributed by atoms with van der Waals surface area (Å²) in [4.78, 5) is 6.54. The van der Waals surface area contributed by atoms with Crippen LogP contribution in [0.15, 0.2) is 36.5 Å². The molecule has 0 unspecified atom stereocenters. The van der Waals surface area contributed by atoms with Crippen molar-refractivity contribution in [3.05, 3.63) is 47.7 Å². The standard InChI is InChI=1S/C21H19N7/c22-12-16-19(15-6-4-5-14(11-15)18-7-8-25-27-18)17(13-23)21(26-20(16)24)28-9-2-1-3-10-28/h4-8,11H,1-3,9-10H2,(H2,24,26)(H,25,27). The zero-order valence-electron chi connectivity index (χ0n) is 15.3. The Kier molecular flexibility index (Phi) is 4.65. The van der Waals surface area contributed by atoms with E-state index in [4.69, 9.17) is 5.73 Å². The summed E-state index contributed by atoms with van der Waals surface area (Å²) in [5.41, 5.74) is 9.85. The maximum absolute atomic E-state index is 9.97. The van der Waals surface area contributed by atoms with Crippen LogP contribution in [0.3, 0.4) is 0 Å². The zero-order valence-corrected chi connectivity index (χ0v) is 15.3. The van der Waals surface area contributed by atoms with E-state index in [0.29, 0.717) is 16.9 Å². The number of pyridine rings is 1. The number of anilines is 2. The number of nitriles is 2. The fourth-order valence-corrected chi connectivity index (χ4v) is 3.69. The molecule has 0 bridgehead atoms. The first kappa shape index (κ1) is 17.6. The van der Waals surface area contributed by atoms with Gasteiger partial charge in [0.2, 0.25) is 0 Å². The summed E-state index contributed by atoms with van der Waals surface area (Å²) in [5.74, 6) is 0.727. The molecule has 7 nitrogen and oxygen atoms in total. The smallest absolute Gasteiger partial charge is 0.149 e. The molecule has 0 atom stereocenters. The van der Waals surface area contributed by atoms with E-state index >= 15 is 0 Å². The van der Waals surface area contributed by atoms with Crippen LogP contribution in [0.2, 0.25) is 0 Å². The molecule has 3 heterocycles. The van der Waals surface area contributed by atoms with Gasteiger partial charge in [-0.3, -0.25) is 5.10 Å². The van der Waals surface area contributed by atoms with E-state index in [1.807, 2.05) is 30.3 Å². The molecule has 1 aromatic carbocycles. The molecule has 2 aromatic heterocycles. The molecular weight excluding hydrogens is 350 g/mol. The number of nitrogens with zero attached hydrogens (tertiary/aromatic N) is 5. The largest absolute Gasteiger partial charge is 0.383 e. The maximum Gasteiger partial charge on any atom is 0.149 e. The van der Waals surface area contributed by atoms with Crippen LogP contribution in [-0.4, -0.2) is 28.3 Å². The molecule has 0 radical (unpaired) electrons. The number of hydrogen-bond acceptors (Lipinski definition) is 6. The lowest BCUT2D eigenvalue weighted by Crippen LogP contribution is -2.31. The fraction of sp³-hybridized carbons (Fsp3) is 0.238. The molecule has 4 rings (SSSR count). The minimum absolute atomic E-state index is 0.156. The van der Waals surface area contributed by atoms with E-state index in [2.05, 4.69) is 32.2 Å². The molecule has 1 aliphatic rings.